The summed E-state index contributed by atoms with van der Waals surface area (Å²) >= 11 is 47.7. The maximum atomic E-state index is 12.8. The van der Waals surface area contributed by atoms with Crippen LogP contribution in [0.5, 0.6) is 0 Å². The molecule has 560 valence electrons. The van der Waals surface area contributed by atoms with Gasteiger partial charge in [-0.25, -0.2) is 24.4 Å². The maximum absolute atomic E-state index is 12.8. The monoisotopic (exact) mass is 1590 g/mol. The van der Waals surface area contributed by atoms with E-state index >= 15 is 0 Å². The summed E-state index contributed by atoms with van der Waals surface area (Å²) in [6, 6.07) is 25.0. The van der Waals surface area contributed by atoms with Crippen molar-refractivity contribution in [3.63, 3.8) is 0 Å². The van der Waals surface area contributed by atoms with Gasteiger partial charge >= 0.3 is 29.3 Å². The quantitative estimate of drug-likeness (QED) is 0.00931. The van der Waals surface area contributed by atoms with Gasteiger partial charge in [0, 0.05) is 150 Å². The highest BCUT2D eigenvalue weighted by molar-refractivity contribution is 6.38. The number of aliphatic carboxylic acids is 1. The third-order valence-electron chi connectivity index (χ3n) is 12.7. The summed E-state index contributed by atoms with van der Waals surface area (Å²) in [5.41, 5.74) is 19.0. The minimum absolute atomic E-state index is 0.0602. The number of aromatic nitrogens is 4. The number of amides is 1. The molecule has 8 rings (SSSR count). The van der Waals surface area contributed by atoms with Crippen LogP contribution in [0.15, 0.2) is 134 Å². The number of pyridine rings is 2. The number of nitro groups is 2. The molecule has 34 heteroatoms. The first-order valence-electron chi connectivity index (χ1n) is 31.2. The molecule has 0 aliphatic carbocycles. The number of hydrogen-bond donors (Lipinski definition) is 11. The fraction of sp³-hybridized carbons (Fsp3) is 0.286. The number of carboxylic acid groups (broad SMARTS) is 2. The minimum atomic E-state index is -1.06. The smallest absolute Gasteiger partial charge is 0.337 e. The van der Waals surface area contributed by atoms with Crippen LogP contribution in [0.2, 0.25) is 40.2 Å². The van der Waals surface area contributed by atoms with Crippen LogP contribution in [0, 0.1) is 20.2 Å². The number of anilines is 4. The Labute approximate surface area is 640 Å². The van der Waals surface area contributed by atoms with Crippen LogP contribution in [0.4, 0.5) is 34.6 Å². The number of carbonyl (C=O) groups excluding carboxylic acids is 2. The number of nitrogens with zero attached hydrogens (tertiary/aromatic N) is 6. The average Bonchev–Trinajstić information content (AvgIpc) is 1.68. The molecule has 8 aromatic rings. The Bertz CT molecular complexity index is 4290. The number of esters is 1. The van der Waals surface area contributed by atoms with Crippen LogP contribution in [0.25, 0.3) is 34.4 Å². The van der Waals surface area contributed by atoms with Gasteiger partial charge in [-0.2, -0.15) is 0 Å². The number of nitrogens with two attached hydrogens (primary N) is 3. The molecule has 0 fully saturated rings. The Morgan fingerprint density at radius 1 is 0.577 bits per heavy atom. The zero-order valence-corrected chi connectivity index (χ0v) is 63.6. The van der Waals surface area contributed by atoms with E-state index in [1.54, 1.807) is 137 Å². The fourth-order valence-corrected chi connectivity index (χ4v) is 10.1. The second kappa shape index (κ2) is 43.5. The lowest BCUT2D eigenvalue weighted by molar-refractivity contribution is -0.384. The van der Waals surface area contributed by atoms with Crippen LogP contribution in [-0.4, -0.2) is 128 Å². The van der Waals surface area contributed by atoms with E-state index in [4.69, 9.17) is 130 Å². The summed E-state index contributed by atoms with van der Waals surface area (Å²) in [4.78, 5) is 74.5. The van der Waals surface area contributed by atoms with Crippen molar-refractivity contribution in [1.29, 1.82) is 0 Å². The number of hydrogen-bond acceptors (Lipinski definition) is 19. The van der Waals surface area contributed by atoms with E-state index in [2.05, 4.69) is 25.9 Å². The number of nitrogen functional groups attached to an aromatic ring is 2. The number of halogens is 8. The van der Waals surface area contributed by atoms with Gasteiger partial charge in [0.05, 0.1) is 39.8 Å². The first kappa shape index (κ1) is 89.5. The molecule has 0 saturated heterocycles. The first-order valence-corrected chi connectivity index (χ1v) is 34.2. The molecule has 4 aromatic heterocycles. The highest BCUT2D eigenvalue weighted by atomic mass is 35.5. The summed E-state index contributed by atoms with van der Waals surface area (Å²) in [6.07, 6.45) is 13.5. The lowest BCUT2D eigenvalue weighted by Crippen LogP contribution is -2.35. The fourth-order valence-electron chi connectivity index (χ4n) is 8.14. The molecule has 0 unspecified atom stereocenters. The van der Waals surface area contributed by atoms with Crippen LogP contribution < -0.4 is 33.2 Å². The third-order valence-corrected chi connectivity index (χ3v) is 15.0. The van der Waals surface area contributed by atoms with Crippen LogP contribution in [-0.2, 0) is 27.4 Å². The van der Waals surface area contributed by atoms with E-state index in [1.165, 1.54) is 36.4 Å². The summed E-state index contributed by atoms with van der Waals surface area (Å²) in [5, 5.41) is 78.0. The van der Waals surface area contributed by atoms with Gasteiger partial charge in [0.25, 0.3) is 5.91 Å². The standard InChI is InChI=1S/C22H24Cl2N6O4.C19H17Cl2N5O4.C13H14Cl2O2.C9H6Cl2O2.C4H10O.C3H9NO/c1-13(12-31)27-22(32)17-11-29(10-16(17)15-4-3-14(23)9-18(15)24)8-2-7-26-20-6-5-19(30(33)34)21(25)28-20;20-11-2-3-12(15(21)8-11)13-9-25(10-14(13)19(27)28)7-1-6-23-17-5-4-16(26(29)30)18(22)24-17;1-13(2,3)17-12(16)7-5-9-4-6-10(14)8-11(9)15;10-7-3-1-6(8(11)5-7)2-4-9(12)13;1-4(2,3)5;1-3(4)2-5/h3-6,9-11,13,31H,2,7-8,12H2,1H3,(H,27,32)(H3,25,26,28);2-5,8-10H,1,6-7H2,(H,27,28)(H3,22,23,24);4-8H,1-3H3;1-5H,(H,12,13);5H,1-3H3;3,5H,2,4H2,1H3/b;;7-5+;4-2+;;/t13-;;;;;3-/m0....0/s1. The first-order chi connectivity index (χ1) is 48.6. The molecule has 0 spiro atoms. The Balaban J connectivity index is 0.000000362. The molecule has 14 N–H and O–H groups in total. The highest BCUT2D eigenvalue weighted by Crippen LogP contribution is 2.36. The second-order valence-corrected chi connectivity index (χ2v) is 27.6. The summed E-state index contributed by atoms with van der Waals surface area (Å²) in [6.45, 7) is 16.1. The van der Waals surface area contributed by atoms with Crippen molar-refractivity contribution in [3.8, 4) is 22.3 Å². The Kier molecular flexibility index (Phi) is 37.4. The van der Waals surface area contributed by atoms with E-state index in [0.29, 0.717) is 124 Å². The third kappa shape index (κ3) is 33.4. The van der Waals surface area contributed by atoms with Crippen molar-refractivity contribution in [2.75, 3.05) is 48.4 Å². The van der Waals surface area contributed by atoms with E-state index < -0.39 is 45.0 Å². The topological polar surface area (TPSA) is 415 Å². The SMILES string of the molecule is CC(C)(C)O.CC(C)(C)OC(=O)/C=C/c1ccc(Cl)cc1Cl.C[C@@H](CO)NC(=O)c1cn(CCCNc2ccc([N+](=O)[O-])c(N)n2)cc1-c1ccc(Cl)cc1Cl.C[C@H](N)CO.Nc1nc(NCCCn2cc(C(=O)O)c(-c3ccc(Cl)cc3Cl)c2)ccc1[N+](=O)[O-].O=C(O)/C=C/c1ccc(Cl)cc1Cl. The maximum Gasteiger partial charge on any atom is 0.337 e. The van der Waals surface area contributed by atoms with Crippen LogP contribution in [0.3, 0.4) is 0 Å². The molecule has 0 saturated carbocycles. The second-order valence-electron chi connectivity index (χ2n) is 24.2. The Hall–Kier alpha value is -8.74. The van der Waals surface area contributed by atoms with Crippen molar-refractivity contribution in [2.45, 2.75) is 105 Å². The predicted molar refractivity (Wildman–Crippen MR) is 415 cm³/mol. The molecule has 4 heterocycles. The molecule has 4 aromatic carbocycles. The number of carboxylic acids is 2. The normalized spacial score (nSPS) is 11.5. The van der Waals surface area contributed by atoms with Crippen molar-refractivity contribution in [2.24, 2.45) is 5.73 Å². The number of carbonyl (C=O) groups is 4. The lowest BCUT2D eigenvalue weighted by atomic mass is 10.0. The number of rotatable bonds is 23. The zero-order chi connectivity index (χ0) is 78.3. The number of aryl methyl sites for hydroxylation is 2. The summed E-state index contributed by atoms with van der Waals surface area (Å²) in [5.74, 6) is -2.26. The molecule has 0 aliphatic heterocycles. The van der Waals surface area contributed by atoms with Crippen molar-refractivity contribution in [3.05, 3.63) is 217 Å². The summed E-state index contributed by atoms with van der Waals surface area (Å²) in [7, 11) is 0. The molecule has 0 bridgehead atoms. The van der Waals surface area contributed by atoms with Gasteiger partial charge in [0.1, 0.15) is 17.2 Å². The molecule has 0 aliphatic rings. The zero-order valence-electron chi connectivity index (χ0n) is 57.5. The number of aliphatic hydroxyl groups excluding tert-OH is 2. The van der Waals surface area contributed by atoms with Gasteiger partial charge in [-0.1, -0.05) is 117 Å². The van der Waals surface area contributed by atoms with Crippen molar-refractivity contribution in [1.82, 2.24) is 24.4 Å². The van der Waals surface area contributed by atoms with Gasteiger partial charge in [-0.15, -0.1) is 0 Å². The Morgan fingerprint density at radius 3 is 1.29 bits per heavy atom. The van der Waals surface area contributed by atoms with Gasteiger partial charge in [0.15, 0.2) is 0 Å². The molecule has 0 radical (unpaired) electrons. The van der Waals surface area contributed by atoms with Gasteiger partial charge < -0.3 is 72.6 Å². The van der Waals surface area contributed by atoms with Gasteiger partial charge in [-0.3, -0.25) is 25.0 Å². The number of aliphatic hydroxyl groups is 3. The lowest BCUT2D eigenvalue weighted by Gasteiger charge is -2.17. The predicted octanol–water partition coefficient (Wildman–Crippen LogP) is 16.1. The number of benzene rings is 4. The molecule has 104 heavy (non-hydrogen) atoms. The van der Waals surface area contributed by atoms with E-state index in [9.17, 15) is 49.6 Å². The molecule has 1 amide bonds. The molecular weight excluding hydrogens is 1520 g/mol. The van der Waals surface area contributed by atoms with Gasteiger partial charge in [-0.05, 0) is 152 Å². The van der Waals surface area contributed by atoms with Crippen LogP contribution >= 0.6 is 92.8 Å². The van der Waals surface area contributed by atoms with Crippen molar-refractivity contribution >= 4 is 163 Å². The Morgan fingerprint density at radius 2 is 0.952 bits per heavy atom. The number of ether oxygens (including phenoxy) is 1. The molecule has 2 atom stereocenters. The molecular formula is C70H80Cl8N12O14. The minimum Gasteiger partial charge on any atom is -0.478 e. The van der Waals surface area contributed by atoms with Crippen LogP contribution in [0.1, 0.15) is 100 Å². The largest absolute Gasteiger partial charge is 0.478 e. The molecule has 26 nitrogen and oxygen atoms in total. The average molecular weight is 1600 g/mol. The summed E-state index contributed by atoms with van der Waals surface area (Å²) < 4.78 is 8.77. The van der Waals surface area contributed by atoms with Gasteiger partial charge in [0.2, 0.25) is 11.6 Å². The van der Waals surface area contributed by atoms with E-state index in [-0.39, 0.29) is 53.7 Å². The van der Waals surface area contributed by atoms with E-state index in [1.807, 2.05) is 31.5 Å². The van der Waals surface area contributed by atoms with E-state index in [0.717, 1.165) is 11.6 Å². The number of nitrogens with one attached hydrogen (secondary N) is 3. The van der Waals surface area contributed by atoms with Crippen molar-refractivity contribution < 1.29 is 59.3 Å². The highest BCUT2D eigenvalue weighted by Gasteiger charge is 2.22. The number of aromatic carboxylic acids is 1.